The lowest BCUT2D eigenvalue weighted by atomic mass is 9.89. The van der Waals surface area contributed by atoms with Crippen molar-refractivity contribution in [1.82, 2.24) is 5.32 Å². The molecule has 0 aromatic rings. The summed E-state index contributed by atoms with van der Waals surface area (Å²) in [5.41, 5.74) is 0.612. The Morgan fingerprint density at radius 2 is 2.11 bits per heavy atom. The summed E-state index contributed by atoms with van der Waals surface area (Å²) in [5.74, 6) is 1.25. The van der Waals surface area contributed by atoms with Crippen molar-refractivity contribution in [2.24, 2.45) is 10.4 Å². The molecule has 3 aliphatic rings. The van der Waals surface area contributed by atoms with E-state index >= 15 is 0 Å². The third-order valence-electron chi connectivity index (χ3n) is 5.02. The van der Waals surface area contributed by atoms with Gasteiger partial charge in [0, 0.05) is 18.9 Å². The number of rotatable bonds is 1. The van der Waals surface area contributed by atoms with E-state index in [1.165, 1.54) is 31.4 Å². The quantitative estimate of drug-likeness (QED) is 0.794. The summed E-state index contributed by atoms with van der Waals surface area (Å²) >= 11 is 1.93. The van der Waals surface area contributed by atoms with Gasteiger partial charge in [-0.3, -0.25) is 4.99 Å². The molecule has 1 aliphatic carbocycles. The summed E-state index contributed by atoms with van der Waals surface area (Å²) in [6.07, 6.45) is 6.94. The number of ether oxygens (including phenoxy) is 1. The molecule has 1 spiro atoms. The third-order valence-corrected chi connectivity index (χ3v) is 6.28. The summed E-state index contributed by atoms with van der Waals surface area (Å²) in [6.45, 7) is 6.32. The molecule has 2 aliphatic heterocycles. The maximum absolute atomic E-state index is 5.68. The molecule has 2 atom stereocenters. The largest absolute Gasteiger partial charge is 0.376 e. The summed E-state index contributed by atoms with van der Waals surface area (Å²) in [4.78, 5) is 4.82. The maximum atomic E-state index is 5.68. The lowest BCUT2D eigenvalue weighted by Crippen LogP contribution is -2.51. The molecule has 3 nitrogen and oxygen atoms in total. The van der Waals surface area contributed by atoms with Crippen LogP contribution in [0.4, 0.5) is 0 Å². The first-order valence-corrected chi connectivity index (χ1v) is 8.18. The predicted octanol–water partition coefficient (Wildman–Crippen LogP) is 2.81. The Balaban J connectivity index is 1.63. The van der Waals surface area contributed by atoms with Gasteiger partial charge >= 0.3 is 0 Å². The molecule has 18 heavy (non-hydrogen) atoms. The van der Waals surface area contributed by atoms with Gasteiger partial charge in [-0.1, -0.05) is 24.6 Å². The highest BCUT2D eigenvalue weighted by atomic mass is 32.2. The lowest BCUT2D eigenvalue weighted by Gasteiger charge is -2.35. The second-order valence-electron chi connectivity index (χ2n) is 6.42. The molecule has 2 unspecified atom stereocenters. The average Bonchev–Trinajstić information content (AvgIpc) is 2.93. The van der Waals surface area contributed by atoms with Crippen LogP contribution in [0.2, 0.25) is 0 Å². The third kappa shape index (κ3) is 2.29. The number of nitrogens with zero attached hydrogens (tertiary/aromatic N) is 1. The number of amidine groups is 1. The Morgan fingerprint density at radius 3 is 2.67 bits per heavy atom. The van der Waals surface area contributed by atoms with E-state index in [0.29, 0.717) is 5.41 Å². The fourth-order valence-corrected chi connectivity index (χ4v) is 4.58. The summed E-state index contributed by atoms with van der Waals surface area (Å²) in [5, 5.41) is 4.78. The molecule has 2 fully saturated rings. The van der Waals surface area contributed by atoms with Crippen LogP contribution in [0.15, 0.2) is 4.99 Å². The van der Waals surface area contributed by atoms with E-state index in [-0.39, 0.29) is 11.6 Å². The molecule has 0 amide bonds. The van der Waals surface area contributed by atoms with E-state index in [9.17, 15) is 0 Å². The van der Waals surface area contributed by atoms with Crippen molar-refractivity contribution in [3.05, 3.63) is 0 Å². The molecule has 0 aromatic carbocycles. The smallest absolute Gasteiger partial charge is 0.157 e. The zero-order chi connectivity index (χ0) is 12.6. The van der Waals surface area contributed by atoms with Crippen LogP contribution in [0, 0.1) is 5.41 Å². The topological polar surface area (TPSA) is 33.6 Å². The van der Waals surface area contributed by atoms with E-state index in [4.69, 9.17) is 9.73 Å². The molecule has 102 valence electrons. The number of hydrogen-bond acceptors (Lipinski definition) is 4. The second-order valence-corrected chi connectivity index (χ2v) is 7.39. The predicted molar refractivity (Wildman–Crippen MR) is 77.2 cm³/mol. The number of nitrogens with one attached hydrogen (secondary N) is 1. The molecular formula is C14H24N2OS. The Morgan fingerprint density at radius 1 is 1.33 bits per heavy atom. The van der Waals surface area contributed by atoms with Crippen molar-refractivity contribution in [2.45, 2.75) is 57.6 Å². The molecule has 1 saturated carbocycles. The van der Waals surface area contributed by atoms with E-state index < -0.39 is 0 Å². The molecule has 4 heteroatoms. The van der Waals surface area contributed by atoms with E-state index in [1.807, 2.05) is 11.8 Å². The fraction of sp³-hybridized carbons (Fsp3) is 0.929. The summed E-state index contributed by atoms with van der Waals surface area (Å²) < 4.78 is 5.68. The average molecular weight is 268 g/mol. The first-order valence-electron chi connectivity index (χ1n) is 7.19. The van der Waals surface area contributed by atoms with Crippen LogP contribution in [0.1, 0.15) is 46.0 Å². The number of aliphatic imine (C=N–C) groups is 1. The number of hydrogen-bond donors (Lipinski definition) is 1. The van der Waals surface area contributed by atoms with Crippen LogP contribution in [0.5, 0.6) is 0 Å². The van der Waals surface area contributed by atoms with E-state index in [0.717, 1.165) is 24.7 Å². The minimum atomic E-state index is 0.0754. The van der Waals surface area contributed by atoms with Gasteiger partial charge < -0.3 is 10.1 Å². The van der Waals surface area contributed by atoms with Crippen LogP contribution in [-0.2, 0) is 4.74 Å². The van der Waals surface area contributed by atoms with Crippen LogP contribution >= 0.6 is 11.8 Å². The zero-order valence-corrected chi connectivity index (χ0v) is 12.3. The van der Waals surface area contributed by atoms with E-state index in [1.54, 1.807) is 0 Å². The van der Waals surface area contributed by atoms with Gasteiger partial charge in [-0.25, -0.2) is 0 Å². The van der Waals surface area contributed by atoms with Crippen LogP contribution in [-0.4, -0.2) is 35.7 Å². The van der Waals surface area contributed by atoms with Crippen molar-refractivity contribution < 1.29 is 4.74 Å². The lowest BCUT2D eigenvalue weighted by molar-refractivity contribution is 0.0950. The molecule has 1 N–H and O–H groups in total. The molecular weight excluding hydrogens is 244 g/mol. The Labute approximate surface area is 114 Å². The van der Waals surface area contributed by atoms with E-state index in [2.05, 4.69) is 19.2 Å². The molecule has 1 saturated heterocycles. The first kappa shape index (κ1) is 12.8. The molecule has 0 aromatic heterocycles. The summed E-state index contributed by atoms with van der Waals surface area (Å²) in [6, 6.07) is 0. The van der Waals surface area contributed by atoms with Gasteiger partial charge in [0.05, 0.1) is 11.6 Å². The monoisotopic (exact) mass is 268 g/mol. The van der Waals surface area contributed by atoms with Gasteiger partial charge in [0.25, 0.3) is 0 Å². The van der Waals surface area contributed by atoms with Crippen molar-refractivity contribution in [1.29, 1.82) is 0 Å². The highest BCUT2D eigenvalue weighted by Gasteiger charge is 2.40. The highest BCUT2D eigenvalue weighted by molar-refractivity contribution is 8.13. The maximum Gasteiger partial charge on any atom is 0.157 e. The normalized spacial score (nSPS) is 39.0. The van der Waals surface area contributed by atoms with Crippen molar-refractivity contribution in [3.8, 4) is 0 Å². The second kappa shape index (κ2) is 4.71. The van der Waals surface area contributed by atoms with Crippen molar-refractivity contribution in [3.63, 3.8) is 0 Å². The SMILES string of the molecule is CC1OCCC1(C)NC1=NCC2(CCCC2)CS1. The minimum absolute atomic E-state index is 0.0754. The zero-order valence-electron chi connectivity index (χ0n) is 11.5. The standard InChI is InChI=1S/C14H24N2OS/c1-11-13(2,7-8-17-11)16-12-15-9-14(10-18-12)5-3-4-6-14/h11H,3-10H2,1-2H3,(H,15,16). The van der Waals surface area contributed by atoms with Crippen LogP contribution in [0.3, 0.4) is 0 Å². The summed E-state index contributed by atoms with van der Waals surface area (Å²) in [7, 11) is 0. The molecule has 0 radical (unpaired) electrons. The van der Waals surface area contributed by atoms with Gasteiger partial charge in [-0.05, 0) is 38.5 Å². The van der Waals surface area contributed by atoms with Gasteiger partial charge in [0.15, 0.2) is 5.17 Å². The highest BCUT2D eigenvalue weighted by Crippen LogP contribution is 2.43. The Bertz CT molecular complexity index is 352. The van der Waals surface area contributed by atoms with Crippen LogP contribution < -0.4 is 5.32 Å². The fourth-order valence-electron chi connectivity index (χ4n) is 3.30. The number of thioether (sulfide) groups is 1. The molecule has 2 heterocycles. The Kier molecular flexibility index (Phi) is 3.35. The van der Waals surface area contributed by atoms with Gasteiger partial charge in [0.2, 0.25) is 0 Å². The first-order chi connectivity index (χ1) is 8.62. The van der Waals surface area contributed by atoms with Crippen LogP contribution in [0.25, 0.3) is 0 Å². The van der Waals surface area contributed by atoms with Gasteiger partial charge in [-0.15, -0.1) is 0 Å². The Hall–Kier alpha value is -0.220. The van der Waals surface area contributed by atoms with Crippen molar-refractivity contribution in [2.75, 3.05) is 18.9 Å². The minimum Gasteiger partial charge on any atom is -0.376 e. The van der Waals surface area contributed by atoms with Crippen molar-refractivity contribution >= 4 is 16.9 Å². The molecule has 3 rings (SSSR count). The van der Waals surface area contributed by atoms with Gasteiger partial charge in [-0.2, -0.15) is 0 Å². The molecule has 0 bridgehead atoms. The van der Waals surface area contributed by atoms with Gasteiger partial charge in [0.1, 0.15) is 0 Å².